The summed E-state index contributed by atoms with van der Waals surface area (Å²) >= 11 is 5.00. The van der Waals surface area contributed by atoms with Crippen molar-refractivity contribution in [2.45, 2.75) is 33.4 Å². The van der Waals surface area contributed by atoms with Gasteiger partial charge in [-0.1, -0.05) is 6.08 Å². The molecule has 7 heteroatoms. The molecule has 2 rings (SSSR count). The van der Waals surface area contributed by atoms with Crippen LogP contribution in [-0.2, 0) is 6.54 Å². The van der Waals surface area contributed by atoms with E-state index in [-0.39, 0.29) is 11.6 Å². The van der Waals surface area contributed by atoms with Gasteiger partial charge in [-0.25, -0.2) is 9.67 Å². The van der Waals surface area contributed by atoms with Gasteiger partial charge in [0, 0.05) is 4.88 Å². The van der Waals surface area contributed by atoms with E-state index < -0.39 is 0 Å². The number of allylic oxidation sites excluding steroid dienone is 1. The summed E-state index contributed by atoms with van der Waals surface area (Å²) in [6.45, 7) is 10.0. The van der Waals surface area contributed by atoms with Crippen LogP contribution in [0.3, 0.4) is 0 Å². The quantitative estimate of drug-likeness (QED) is 0.821. The number of nitrogens with zero attached hydrogens (tertiary/aromatic N) is 3. The molecule has 1 N–H and O–H groups in total. The zero-order valence-corrected chi connectivity index (χ0v) is 14.6. The van der Waals surface area contributed by atoms with Crippen molar-refractivity contribution in [2.24, 2.45) is 0 Å². The number of rotatable bonds is 5. The molecule has 2 aromatic heterocycles. The fraction of sp³-hybridized carbons (Fsp3) is 0.357. The second-order valence-corrected chi connectivity index (χ2v) is 6.72. The summed E-state index contributed by atoms with van der Waals surface area (Å²) in [5.41, 5.74) is 1.52. The van der Waals surface area contributed by atoms with Crippen molar-refractivity contribution in [1.29, 1.82) is 0 Å². The van der Waals surface area contributed by atoms with Gasteiger partial charge in [-0.15, -0.1) is 17.9 Å². The Hall–Kier alpha value is -1.47. The van der Waals surface area contributed by atoms with Gasteiger partial charge < -0.3 is 5.32 Å². The number of hydrogen-bond acceptors (Lipinski definition) is 5. The minimum atomic E-state index is -0.177. The Bertz CT molecular complexity index is 722. The molecule has 112 valence electrons. The Kier molecular flexibility index (Phi) is 4.95. The van der Waals surface area contributed by atoms with E-state index in [0.717, 1.165) is 15.6 Å². The average Bonchev–Trinajstić information content (AvgIpc) is 2.77. The van der Waals surface area contributed by atoms with Gasteiger partial charge in [0.25, 0.3) is 5.56 Å². The number of nitrogens with one attached hydrogen (secondary N) is 1. The predicted molar refractivity (Wildman–Crippen MR) is 90.0 cm³/mol. The Morgan fingerprint density at radius 2 is 2.29 bits per heavy atom. The predicted octanol–water partition coefficient (Wildman–Crippen LogP) is 3.44. The topological polar surface area (TPSA) is 59.8 Å². The number of aromatic nitrogens is 3. The first-order valence-corrected chi connectivity index (χ1v) is 8.12. The highest BCUT2D eigenvalue weighted by molar-refractivity contribution is 9.10. The zero-order valence-electron chi connectivity index (χ0n) is 12.2. The monoisotopic (exact) mass is 368 g/mol. The molecule has 0 saturated carbocycles. The maximum Gasteiger partial charge on any atom is 0.283 e. The lowest BCUT2D eigenvalue weighted by atomic mass is 10.2. The molecule has 0 aliphatic heterocycles. The van der Waals surface area contributed by atoms with Crippen LogP contribution in [0.2, 0.25) is 0 Å². The van der Waals surface area contributed by atoms with Gasteiger partial charge in [-0.3, -0.25) is 4.79 Å². The fourth-order valence-corrected chi connectivity index (χ4v) is 3.42. The van der Waals surface area contributed by atoms with Gasteiger partial charge in [0.05, 0.1) is 35.2 Å². The minimum absolute atomic E-state index is 0.0592. The molecule has 1 unspecified atom stereocenters. The Morgan fingerprint density at radius 3 is 2.86 bits per heavy atom. The molecule has 21 heavy (non-hydrogen) atoms. The van der Waals surface area contributed by atoms with Crippen molar-refractivity contribution < 1.29 is 0 Å². The molecular weight excluding hydrogens is 352 g/mol. The third kappa shape index (κ3) is 3.41. The Labute approximate surface area is 135 Å². The molecule has 1 atom stereocenters. The number of aryl methyl sites for hydroxylation is 2. The van der Waals surface area contributed by atoms with E-state index in [4.69, 9.17) is 0 Å². The lowest BCUT2D eigenvalue weighted by Gasteiger charge is -2.15. The summed E-state index contributed by atoms with van der Waals surface area (Å²) in [4.78, 5) is 17.7. The van der Waals surface area contributed by atoms with Crippen LogP contribution in [-0.4, -0.2) is 14.8 Å². The molecule has 0 saturated heterocycles. The number of thiazole rings is 1. The van der Waals surface area contributed by atoms with E-state index in [2.05, 4.69) is 37.9 Å². The van der Waals surface area contributed by atoms with Gasteiger partial charge in [0.15, 0.2) is 0 Å². The molecule has 0 radical (unpaired) electrons. The van der Waals surface area contributed by atoms with E-state index in [1.807, 2.05) is 20.8 Å². The molecule has 0 bridgehead atoms. The van der Waals surface area contributed by atoms with Crippen LogP contribution >= 0.6 is 27.3 Å². The van der Waals surface area contributed by atoms with Crippen LogP contribution in [0, 0.1) is 13.8 Å². The lowest BCUT2D eigenvalue weighted by molar-refractivity contribution is 0.648. The standard InChI is InChI=1S/C14H17BrN4OS/c1-5-6-19-14(20)12(15)11(7-16-19)18-9(3)13-8(2)17-10(4)21-13/h5,7,9,18H,1,6H2,2-4H3. The number of anilines is 1. The first-order valence-electron chi connectivity index (χ1n) is 6.51. The zero-order chi connectivity index (χ0) is 15.6. The van der Waals surface area contributed by atoms with Crippen molar-refractivity contribution in [3.63, 3.8) is 0 Å². The smallest absolute Gasteiger partial charge is 0.283 e. The second-order valence-electron chi connectivity index (χ2n) is 4.70. The molecule has 5 nitrogen and oxygen atoms in total. The summed E-state index contributed by atoms with van der Waals surface area (Å²) in [6, 6.07) is 0.0592. The SMILES string of the molecule is C=CCn1ncc(NC(C)c2sc(C)nc2C)c(Br)c1=O. The lowest BCUT2D eigenvalue weighted by Crippen LogP contribution is -2.24. The van der Waals surface area contributed by atoms with Crippen LogP contribution in [0.25, 0.3) is 0 Å². The third-order valence-electron chi connectivity index (χ3n) is 2.99. The minimum Gasteiger partial charge on any atom is -0.375 e. The fourth-order valence-electron chi connectivity index (χ4n) is 2.07. The molecule has 0 aromatic carbocycles. The highest BCUT2D eigenvalue weighted by Crippen LogP contribution is 2.28. The van der Waals surface area contributed by atoms with Crippen molar-refractivity contribution >= 4 is 33.0 Å². The molecule has 0 aliphatic rings. The van der Waals surface area contributed by atoms with Crippen LogP contribution in [0.15, 0.2) is 28.1 Å². The molecule has 0 fully saturated rings. The van der Waals surface area contributed by atoms with Gasteiger partial charge >= 0.3 is 0 Å². The molecule has 0 spiro atoms. The van der Waals surface area contributed by atoms with E-state index in [1.165, 1.54) is 4.68 Å². The van der Waals surface area contributed by atoms with Gasteiger partial charge in [-0.2, -0.15) is 5.10 Å². The Morgan fingerprint density at radius 1 is 1.57 bits per heavy atom. The largest absolute Gasteiger partial charge is 0.375 e. The first-order chi connectivity index (χ1) is 9.93. The molecule has 2 heterocycles. The van der Waals surface area contributed by atoms with Gasteiger partial charge in [0.2, 0.25) is 0 Å². The van der Waals surface area contributed by atoms with Crippen molar-refractivity contribution in [3.8, 4) is 0 Å². The second kappa shape index (κ2) is 6.53. The van der Waals surface area contributed by atoms with E-state index >= 15 is 0 Å². The first kappa shape index (κ1) is 15.9. The molecule has 2 aromatic rings. The Balaban J connectivity index is 2.28. The van der Waals surface area contributed by atoms with Crippen LogP contribution in [0.1, 0.15) is 28.5 Å². The van der Waals surface area contributed by atoms with Crippen LogP contribution in [0.4, 0.5) is 5.69 Å². The van der Waals surface area contributed by atoms with Crippen molar-refractivity contribution in [3.05, 3.63) is 49.3 Å². The summed E-state index contributed by atoms with van der Waals surface area (Å²) in [5.74, 6) is 0. The molecule has 0 aliphatic carbocycles. The average molecular weight is 369 g/mol. The van der Waals surface area contributed by atoms with Crippen molar-refractivity contribution in [2.75, 3.05) is 5.32 Å². The van der Waals surface area contributed by atoms with Crippen LogP contribution in [0.5, 0.6) is 0 Å². The van der Waals surface area contributed by atoms with Gasteiger partial charge in [0.1, 0.15) is 4.47 Å². The number of halogens is 1. The van der Waals surface area contributed by atoms with E-state index in [9.17, 15) is 4.79 Å². The summed E-state index contributed by atoms with van der Waals surface area (Å²) in [6.07, 6.45) is 3.29. The highest BCUT2D eigenvalue weighted by atomic mass is 79.9. The maximum atomic E-state index is 12.1. The van der Waals surface area contributed by atoms with E-state index in [0.29, 0.717) is 16.7 Å². The summed E-state index contributed by atoms with van der Waals surface area (Å²) in [7, 11) is 0. The molecule has 0 amide bonds. The van der Waals surface area contributed by atoms with E-state index in [1.54, 1.807) is 23.6 Å². The maximum absolute atomic E-state index is 12.1. The van der Waals surface area contributed by atoms with Crippen molar-refractivity contribution in [1.82, 2.24) is 14.8 Å². The molecular formula is C14H17BrN4OS. The number of hydrogen-bond donors (Lipinski definition) is 1. The summed E-state index contributed by atoms with van der Waals surface area (Å²) in [5, 5.41) is 8.48. The normalized spacial score (nSPS) is 12.2. The van der Waals surface area contributed by atoms with Gasteiger partial charge in [-0.05, 0) is 36.7 Å². The van der Waals surface area contributed by atoms with Crippen LogP contribution < -0.4 is 10.9 Å². The highest BCUT2D eigenvalue weighted by Gasteiger charge is 2.15. The third-order valence-corrected chi connectivity index (χ3v) is 5.01. The summed E-state index contributed by atoms with van der Waals surface area (Å²) < 4.78 is 1.83.